The van der Waals surface area contributed by atoms with Gasteiger partial charge in [-0.1, -0.05) is 0 Å². The summed E-state index contributed by atoms with van der Waals surface area (Å²) in [5.74, 6) is 0.237. The van der Waals surface area contributed by atoms with E-state index in [1.807, 2.05) is 0 Å². The maximum Gasteiger partial charge on any atom is 0.252 e. The second kappa shape index (κ2) is 8.52. The first kappa shape index (κ1) is 18.0. The molecule has 1 saturated heterocycles. The molecule has 138 valence electrons. The molecule has 3 N–H and O–H groups in total. The smallest absolute Gasteiger partial charge is 0.252 e. The molecule has 0 radical (unpaired) electrons. The Labute approximate surface area is 151 Å². The summed E-state index contributed by atoms with van der Waals surface area (Å²) in [4.78, 5) is 30.0. The Morgan fingerprint density at radius 3 is 2.77 bits per heavy atom. The quantitative estimate of drug-likeness (QED) is 0.672. The lowest BCUT2D eigenvalue weighted by molar-refractivity contribution is -0.123. The number of nitrogens with zero attached hydrogens (tertiary/aromatic N) is 5. The van der Waals surface area contributed by atoms with Crippen LogP contribution >= 0.6 is 0 Å². The largest absolute Gasteiger partial charge is 0.369 e. The summed E-state index contributed by atoms with van der Waals surface area (Å²) in [6, 6.07) is 3.47. The first-order valence-electron chi connectivity index (χ1n) is 8.74. The molecule has 1 aliphatic heterocycles. The summed E-state index contributed by atoms with van der Waals surface area (Å²) in [5.41, 5.74) is 5.90. The van der Waals surface area contributed by atoms with Crippen molar-refractivity contribution < 1.29 is 9.59 Å². The highest BCUT2D eigenvalue weighted by Gasteiger charge is 2.23. The van der Waals surface area contributed by atoms with E-state index in [-0.39, 0.29) is 17.7 Å². The molecule has 0 aliphatic carbocycles. The maximum absolute atomic E-state index is 12.2. The first-order valence-corrected chi connectivity index (χ1v) is 8.74. The number of rotatable bonds is 7. The molecular formula is C17H23N7O2. The van der Waals surface area contributed by atoms with Gasteiger partial charge < -0.3 is 16.0 Å². The van der Waals surface area contributed by atoms with Crippen LogP contribution in [0.1, 0.15) is 29.6 Å². The van der Waals surface area contributed by atoms with Crippen molar-refractivity contribution in [2.24, 2.45) is 11.7 Å². The zero-order valence-corrected chi connectivity index (χ0v) is 14.5. The number of likely N-dealkylation sites (tertiary alicyclic amines) is 1. The van der Waals surface area contributed by atoms with Crippen molar-refractivity contribution in [2.75, 3.05) is 26.2 Å². The van der Waals surface area contributed by atoms with Crippen molar-refractivity contribution in [3.63, 3.8) is 0 Å². The third-order valence-electron chi connectivity index (χ3n) is 4.54. The van der Waals surface area contributed by atoms with Crippen molar-refractivity contribution in [1.29, 1.82) is 0 Å². The monoisotopic (exact) mass is 357 g/mol. The Morgan fingerprint density at radius 2 is 2.08 bits per heavy atom. The predicted molar refractivity (Wildman–Crippen MR) is 94.5 cm³/mol. The number of amides is 2. The number of carbonyl (C=O) groups is 2. The average Bonchev–Trinajstić information content (AvgIpc) is 3.20. The molecule has 1 fully saturated rings. The molecule has 9 heteroatoms. The second-order valence-corrected chi connectivity index (χ2v) is 6.43. The van der Waals surface area contributed by atoms with Crippen LogP contribution in [0, 0.1) is 5.92 Å². The molecule has 26 heavy (non-hydrogen) atoms. The average molecular weight is 357 g/mol. The lowest BCUT2D eigenvalue weighted by atomic mass is 9.97. The second-order valence-electron chi connectivity index (χ2n) is 6.43. The third-order valence-corrected chi connectivity index (χ3v) is 4.54. The highest BCUT2D eigenvalue weighted by Crippen LogP contribution is 2.15. The first-order chi connectivity index (χ1) is 12.6. The number of hydrogen-bond acceptors (Lipinski definition) is 6. The Morgan fingerprint density at radius 1 is 1.27 bits per heavy atom. The molecule has 0 saturated carbocycles. The molecule has 0 bridgehead atoms. The minimum Gasteiger partial charge on any atom is -0.369 e. The van der Waals surface area contributed by atoms with Crippen LogP contribution in [-0.4, -0.2) is 62.6 Å². The molecule has 3 rings (SSSR count). The number of nitrogens with two attached hydrogens (primary N) is 1. The summed E-state index contributed by atoms with van der Waals surface area (Å²) in [7, 11) is 0. The van der Waals surface area contributed by atoms with Gasteiger partial charge in [0.15, 0.2) is 0 Å². The van der Waals surface area contributed by atoms with Crippen LogP contribution < -0.4 is 11.1 Å². The van der Waals surface area contributed by atoms with E-state index >= 15 is 0 Å². The van der Waals surface area contributed by atoms with Gasteiger partial charge in [-0.15, -0.1) is 10.2 Å². The predicted octanol–water partition coefficient (Wildman–Crippen LogP) is -0.0205. The van der Waals surface area contributed by atoms with Gasteiger partial charge in [0.2, 0.25) is 5.91 Å². The number of piperidine rings is 1. The van der Waals surface area contributed by atoms with E-state index in [4.69, 9.17) is 5.73 Å². The van der Waals surface area contributed by atoms with E-state index in [0.717, 1.165) is 38.9 Å². The van der Waals surface area contributed by atoms with Crippen LogP contribution in [0.4, 0.5) is 0 Å². The van der Waals surface area contributed by atoms with Crippen LogP contribution in [0.25, 0.3) is 5.82 Å². The van der Waals surface area contributed by atoms with Crippen molar-refractivity contribution >= 4 is 11.8 Å². The molecule has 3 heterocycles. The number of aromatic nitrogens is 4. The maximum atomic E-state index is 12.2. The summed E-state index contributed by atoms with van der Waals surface area (Å²) < 4.78 is 1.67. The van der Waals surface area contributed by atoms with Crippen molar-refractivity contribution in [3.05, 3.63) is 36.5 Å². The Balaban J connectivity index is 1.41. The van der Waals surface area contributed by atoms with Crippen molar-refractivity contribution in [3.8, 4) is 5.82 Å². The molecule has 2 aromatic heterocycles. The van der Waals surface area contributed by atoms with Gasteiger partial charge in [-0.05, 0) is 44.5 Å². The molecule has 1 aliphatic rings. The Kier molecular flexibility index (Phi) is 5.90. The molecule has 0 aromatic carbocycles. The highest BCUT2D eigenvalue weighted by atomic mass is 16.2. The van der Waals surface area contributed by atoms with Crippen molar-refractivity contribution in [2.45, 2.75) is 19.3 Å². The molecule has 1 atom stereocenters. The standard InChI is InChI=1S/C17H23N7O2/c18-16(25)14-3-1-7-23(10-14)8-2-6-19-17(26)13-4-5-15(20-9-13)24-11-21-22-12-24/h4-5,9,11-12,14H,1-3,6-8,10H2,(H2,18,25)(H,19,26). The minimum atomic E-state index is -0.217. The number of carbonyl (C=O) groups excluding carboxylic acids is 2. The number of pyridine rings is 1. The van der Waals surface area contributed by atoms with E-state index in [1.165, 1.54) is 6.20 Å². The zero-order valence-electron chi connectivity index (χ0n) is 14.5. The van der Waals surface area contributed by atoms with Gasteiger partial charge in [0.25, 0.3) is 5.91 Å². The van der Waals surface area contributed by atoms with E-state index in [9.17, 15) is 9.59 Å². The lowest BCUT2D eigenvalue weighted by Crippen LogP contribution is -2.42. The Bertz CT molecular complexity index is 730. The van der Waals surface area contributed by atoms with Crippen LogP contribution in [0.15, 0.2) is 31.0 Å². The van der Waals surface area contributed by atoms with Gasteiger partial charge in [-0.25, -0.2) is 4.98 Å². The molecule has 2 aromatic rings. The summed E-state index contributed by atoms with van der Waals surface area (Å²) in [6.45, 7) is 3.11. The van der Waals surface area contributed by atoms with Crippen LogP contribution in [0.2, 0.25) is 0 Å². The van der Waals surface area contributed by atoms with Gasteiger partial charge in [0, 0.05) is 19.3 Å². The minimum absolute atomic E-state index is 0.0476. The topological polar surface area (TPSA) is 119 Å². The molecule has 2 amide bonds. The van der Waals surface area contributed by atoms with E-state index in [1.54, 1.807) is 29.4 Å². The molecule has 1 unspecified atom stereocenters. The van der Waals surface area contributed by atoms with Crippen LogP contribution in [0.3, 0.4) is 0 Å². The van der Waals surface area contributed by atoms with E-state index in [0.29, 0.717) is 17.9 Å². The fourth-order valence-electron chi connectivity index (χ4n) is 3.09. The highest BCUT2D eigenvalue weighted by molar-refractivity contribution is 5.93. The van der Waals surface area contributed by atoms with Gasteiger partial charge in [0.1, 0.15) is 18.5 Å². The fraction of sp³-hybridized carbons (Fsp3) is 0.471. The van der Waals surface area contributed by atoms with Gasteiger partial charge in [-0.2, -0.15) is 0 Å². The SMILES string of the molecule is NC(=O)C1CCCN(CCCNC(=O)c2ccc(-n3cnnc3)nc2)C1. The van der Waals surface area contributed by atoms with Crippen LogP contribution in [0.5, 0.6) is 0 Å². The molecular weight excluding hydrogens is 334 g/mol. The van der Waals surface area contributed by atoms with E-state index < -0.39 is 0 Å². The zero-order chi connectivity index (χ0) is 18.4. The van der Waals surface area contributed by atoms with Gasteiger partial charge in [-0.3, -0.25) is 14.2 Å². The van der Waals surface area contributed by atoms with Crippen molar-refractivity contribution in [1.82, 2.24) is 30.0 Å². The normalized spacial score (nSPS) is 17.8. The summed E-state index contributed by atoms with van der Waals surface area (Å²) >= 11 is 0. The van der Waals surface area contributed by atoms with Gasteiger partial charge >= 0.3 is 0 Å². The number of primary amides is 1. The Hall–Kier alpha value is -2.81. The lowest BCUT2D eigenvalue weighted by Gasteiger charge is -2.31. The summed E-state index contributed by atoms with van der Waals surface area (Å²) in [5, 5.41) is 10.3. The fourth-order valence-corrected chi connectivity index (χ4v) is 3.09. The number of hydrogen-bond donors (Lipinski definition) is 2. The van der Waals surface area contributed by atoms with Crippen LogP contribution in [-0.2, 0) is 4.79 Å². The third kappa shape index (κ3) is 4.63. The number of nitrogens with one attached hydrogen (secondary N) is 1. The summed E-state index contributed by atoms with van der Waals surface area (Å²) in [6.07, 6.45) is 7.32. The van der Waals surface area contributed by atoms with E-state index in [2.05, 4.69) is 25.4 Å². The van der Waals surface area contributed by atoms with Gasteiger partial charge in [0.05, 0.1) is 11.5 Å². The molecule has 9 nitrogen and oxygen atoms in total. The molecule has 0 spiro atoms.